The molecule has 1 aromatic rings. The summed E-state index contributed by atoms with van der Waals surface area (Å²) in [6.07, 6.45) is -1.28. The van der Waals surface area contributed by atoms with Crippen LogP contribution in [0.1, 0.15) is 19.4 Å². The molecule has 1 heterocycles. The summed E-state index contributed by atoms with van der Waals surface area (Å²) in [4.78, 5) is 16.6. The molecule has 2 rings (SSSR count). The van der Waals surface area contributed by atoms with Gasteiger partial charge in [0.25, 0.3) is 0 Å². The summed E-state index contributed by atoms with van der Waals surface area (Å²) in [5, 5.41) is 3.96. The number of esters is 1. The smallest absolute Gasteiger partial charge is 0.346 e. The van der Waals surface area contributed by atoms with Crippen LogP contribution in [-0.2, 0) is 19.1 Å². The van der Waals surface area contributed by atoms with Gasteiger partial charge in [-0.25, -0.2) is 9.18 Å². The van der Waals surface area contributed by atoms with E-state index in [-0.39, 0.29) is 22.9 Å². The zero-order chi connectivity index (χ0) is 17.0. The molecular weight excluding hydrogens is 373 g/mol. The molecule has 126 valence electrons. The first-order valence-corrected chi connectivity index (χ1v) is 7.82. The van der Waals surface area contributed by atoms with Gasteiger partial charge in [0, 0.05) is 18.2 Å². The molecule has 0 aliphatic carbocycles. The lowest BCUT2D eigenvalue weighted by atomic mass is 10.0. The van der Waals surface area contributed by atoms with Crippen LogP contribution in [0.15, 0.2) is 21.8 Å². The molecule has 6 nitrogen and oxygen atoms in total. The van der Waals surface area contributed by atoms with E-state index in [1.54, 1.807) is 0 Å². The number of benzene rings is 1. The second kappa shape index (κ2) is 7.74. The quantitative estimate of drug-likeness (QED) is 0.699. The number of oxime groups is 1. The summed E-state index contributed by atoms with van der Waals surface area (Å²) in [6.45, 7) is 4.12. The van der Waals surface area contributed by atoms with Gasteiger partial charge in [-0.15, -0.1) is 0 Å². The number of ether oxygens (including phenoxy) is 3. The highest BCUT2D eigenvalue weighted by molar-refractivity contribution is 9.10. The van der Waals surface area contributed by atoms with Crippen molar-refractivity contribution in [1.82, 2.24) is 0 Å². The summed E-state index contributed by atoms with van der Waals surface area (Å²) >= 11 is 3.14. The molecule has 0 spiro atoms. The van der Waals surface area contributed by atoms with E-state index in [4.69, 9.17) is 14.3 Å². The predicted molar refractivity (Wildman–Crippen MR) is 84.1 cm³/mol. The van der Waals surface area contributed by atoms with Crippen molar-refractivity contribution < 1.29 is 28.2 Å². The predicted octanol–water partition coefficient (Wildman–Crippen LogP) is 2.67. The maximum absolute atomic E-state index is 13.9. The Morgan fingerprint density at radius 2 is 2.30 bits per heavy atom. The fourth-order valence-corrected chi connectivity index (χ4v) is 2.44. The minimum absolute atomic E-state index is 0.164. The van der Waals surface area contributed by atoms with E-state index in [1.807, 2.05) is 6.92 Å². The molecule has 1 unspecified atom stereocenters. The molecule has 0 saturated carbocycles. The summed E-state index contributed by atoms with van der Waals surface area (Å²) in [6, 6.07) is 2.71. The lowest BCUT2D eigenvalue weighted by molar-refractivity contribution is -0.147. The van der Waals surface area contributed by atoms with Gasteiger partial charge in [0.1, 0.15) is 30.0 Å². The van der Waals surface area contributed by atoms with Gasteiger partial charge in [-0.3, -0.25) is 0 Å². The molecule has 1 aliphatic heterocycles. The van der Waals surface area contributed by atoms with Crippen LogP contribution in [0.4, 0.5) is 4.39 Å². The van der Waals surface area contributed by atoms with E-state index in [9.17, 15) is 9.18 Å². The molecule has 0 amide bonds. The minimum Gasteiger partial charge on any atom is -0.478 e. The highest BCUT2D eigenvalue weighted by atomic mass is 79.9. The monoisotopic (exact) mass is 389 g/mol. The Hall–Kier alpha value is -1.67. The molecule has 0 bridgehead atoms. The van der Waals surface area contributed by atoms with Crippen LogP contribution in [-0.4, -0.2) is 44.2 Å². The number of rotatable bonds is 6. The van der Waals surface area contributed by atoms with Crippen molar-refractivity contribution in [3.05, 3.63) is 28.0 Å². The van der Waals surface area contributed by atoms with Crippen molar-refractivity contribution in [3.8, 4) is 5.75 Å². The Labute approximate surface area is 141 Å². The number of halogens is 2. The molecule has 0 aromatic heterocycles. The standard InChI is InChI=1S/C15H17BrFNO5/c1-4-21-13-7-22-18-14(13)9-5-10(16)11(17)6-12(9)23-8(2)15(19)20-3/h5-6,8,13H,4,7H2,1-3H3/t8-,13?/m0/s1. The molecule has 8 heteroatoms. The first kappa shape index (κ1) is 17.7. The Morgan fingerprint density at radius 1 is 1.57 bits per heavy atom. The number of nitrogens with zero attached hydrogens (tertiary/aromatic N) is 1. The van der Waals surface area contributed by atoms with E-state index in [2.05, 4.69) is 25.8 Å². The number of carbonyl (C=O) groups excluding carboxylic acids is 1. The van der Waals surface area contributed by atoms with Crippen LogP contribution < -0.4 is 4.74 Å². The third-order valence-corrected chi connectivity index (χ3v) is 3.80. The number of methoxy groups -OCH3 is 1. The lowest BCUT2D eigenvalue weighted by Gasteiger charge is -2.18. The molecule has 1 aliphatic rings. The van der Waals surface area contributed by atoms with Crippen LogP contribution in [0.2, 0.25) is 0 Å². The van der Waals surface area contributed by atoms with Crippen molar-refractivity contribution >= 4 is 27.6 Å². The first-order chi connectivity index (χ1) is 11.0. The zero-order valence-electron chi connectivity index (χ0n) is 13.0. The normalized spacial score (nSPS) is 18.1. The van der Waals surface area contributed by atoms with E-state index >= 15 is 0 Å². The van der Waals surface area contributed by atoms with Gasteiger partial charge in [0.2, 0.25) is 0 Å². The van der Waals surface area contributed by atoms with Gasteiger partial charge >= 0.3 is 5.97 Å². The molecule has 0 fully saturated rings. The van der Waals surface area contributed by atoms with Gasteiger partial charge < -0.3 is 19.0 Å². The Morgan fingerprint density at radius 3 is 2.96 bits per heavy atom. The van der Waals surface area contributed by atoms with Crippen molar-refractivity contribution in [2.24, 2.45) is 5.16 Å². The largest absolute Gasteiger partial charge is 0.478 e. The van der Waals surface area contributed by atoms with Crippen molar-refractivity contribution in [2.75, 3.05) is 20.3 Å². The van der Waals surface area contributed by atoms with Gasteiger partial charge in [-0.1, -0.05) is 5.16 Å². The molecule has 23 heavy (non-hydrogen) atoms. The fraction of sp³-hybridized carbons (Fsp3) is 0.467. The van der Waals surface area contributed by atoms with Crippen molar-refractivity contribution in [3.63, 3.8) is 0 Å². The van der Waals surface area contributed by atoms with Gasteiger partial charge in [0.05, 0.1) is 11.6 Å². The van der Waals surface area contributed by atoms with Crippen LogP contribution in [0, 0.1) is 5.82 Å². The second-order valence-electron chi connectivity index (χ2n) is 4.76. The van der Waals surface area contributed by atoms with E-state index in [0.29, 0.717) is 17.9 Å². The van der Waals surface area contributed by atoms with E-state index in [1.165, 1.54) is 26.2 Å². The molecule has 0 saturated heterocycles. The highest BCUT2D eigenvalue weighted by Crippen LogP contribution is 2.30. The summed E-state index contributed by atoms with van der Waals surface area (Å²) in [5.41, 5.74) is 0.976. The summed E-state index contributed by atoms with van der Waals surface area (Å²) < 4.78 is 29.8. The third kappa shape index (κ3) is 4.00. The lowest BCUT2D eigenvalue weighted by Crippen LogP contribution is -2.28. The fourth-order valence-electron chi connectivity index (χ4n) is 2.09. The van der Waals surface area contributed by atoms with E-state index < -0.39 is 17.9 Å². The number of hydrogen-bond donors (Lipinski definition) is 0. The highest BCUT2D eigenvalue weighted by Gasteiger charge is 2.29. The molecule has 1 aromatic carbocycles. The molecule has 0 radical (unpaired) electrons. The zero-order valence-corrected chi connectivity index (χ0v) is 14.6. The topological polar surface area (TPSA) is 66.3 Å². The maximum Gasteiger partial charge on any atom is 0.346 e. The van der Waals surface area contributed by atoms with Crippen LogP contribution in [0.3, 0.4) is 0 Å². The molecular formula is C15H17BrFNO5. The van der Waals surface area contributed by atoms with Gasteiger partial charge in [-0.2, -0.15) is 0 Å². The molecule has 2 atom stereocenters. The minimum atomic E-state index is -0.896. The average Bonchev–Trinajstić information content (AvgIpc) is 2.98. The maximum atomic E-state index is 13.9. The number of hydrogen-bond acceptors (Lipinski definition) is 6. The van der Waals surface area contributed by atoms with E-state index in [0.717, 1.165) is 0 Å². The third-order valence-electron chi connectivity index (χ3n) is 3.20. The Kier molecular flexibility index (Phi) is 5.95. The van der Waals surface area contributed by atoms with Crippen molar-refractivity contribution in [1.29, 1.82) is 0 Å². The Balaban J connectivity index is 2.38. The van der Waals surface area contributed by atoms with Crippen LogP contribution >= 0.6 is 15.9 Å². The summed E-state index contributed by atoms with van der Waals surface area (Å²) in [5.74, 6) is -0.920. The van der Waals surface area contributed by atoms with Crippen molar-refractivity contribution in [2.45, 2.75) is 26.1 Å². The van der Waals surface area contributed by atoms with Gasteiger partial charge in [0.15, 0.2) is 6.10 Å². The second-order valence-corrected chi connectivity index (χ2v) is 5.62. The SMILES string of the molecule is CCOC1CON=C1c1cc(Br)c(F)cc1O[C@@H](C)C(=O)OC. The van der Waals surface area contributed by atoms with Gasteiger partial charge in [-0.05, 0) is 35.8 Å². The summed E-state index contributed by atoms with van der Waals surface area (Å²) in [7, 11) is 1.26. The molecule has 0 N–H and O–H groups in total. The Bertz CT molecular complexity index is 622. The first-order valence-electron chi connectivity index (χ1n) is 7.03. The average molecular weight is 390 g/mol. The number of carbonyl (C=O) groups is 1. The van der Waals surface area contributed by atoms with Crippen LogP contribution in [0.5, 0.6) is 5.75 Å². The van der Waals surface area contributed by atoms with Crippen LogP contribution in [0.25, 0.3) is 0 Å².